The maximum Gasteiger partial charge on any atom is 0.232 e. The van der Waals surface area contributed by atoms with Crippen molar-refractivity contribution in [2.75, 3.05) is 17.6 Å². The van der Waals surface area contributed by atoms with Gasteiger partial charge in [0.1, 0.15) is 5.82 Å². The molecule has 6 nitrogen and oxygen atoms in total. The second kappa shape index (κ2) is 8.53. The van der Waals surface area contributed by atoms with Crippen LogP contribution < -0.4 is 11.1 Å². The molecule has 0 spiro atoms. The standard InChI is InChI=1S/C21H22Cl2N6/c1-13-7-9-14(10-8-13)25-21-27-18(26-20(24)28-21)12-29-11-3-6-17(29)19-15(22)4-2-5-16(19)23/h2,4-5,7-10,17H,3,6,11-12H2,1H3,(H3,24,25,26,27,28). The summed E-state index contributed by atoms with van der Waals surface area (Å²) >= 11 is 12.9. The monoisotopic (exact) mass is 428 g/mol. The Bertz CT molecular complexity index is 988. The van der Waals surface area contributed by atoms with Gasteiger partial charge in [-0.15, -0.1) is 0 Å². The second-order valence-corrected chi connectivity index (χ2v) is 8.00. The maximum absolute atomic E-state index is 6.45. The Morgan fingerprint density at radius 2 is 1.79 bits per heavy atom. The zero-order valence-electron chi connectivity index (χ0n) is 16.1. The van der Waals surface area contributed by atoms with E-state index in [1.165, 1.54) is 5.56 Å². The van der Waals surface area contributed by atoms with E-state index in [9.17, 15) is 0 Å². The minimum Gasteiger partial charge on any atom is -0.368 e. The fourth-order valence-corrected chi connectivity index (χ4v) is 4.33. The molecule has 1 atom stereocenters. The number of nitrogen functional groups attached to an aromatic ring is 1. The van der Waals surface area contributed by atoms with E-state index in [0.29, 0.717) is 28.4 Å². The highest BCUT2D eigenvalue weighted by Crippen LogP contribution is 2.40. The summed E-state index contributed by atoms with van der Waals surface area (Å²) in [5.41, 5.74) is 8.99. The molecule has 0 amide bonds. The number of likely N-dealkylation sites (tertiary alicyclic amines) is 1. The van der Waals surface area contributed by atoms with Crippen LogP contribution in [-0.2, 0) is 6.54 Å². The molecule has 29 heavy (non-hydrogen) atoms. The molecular formula is C21H22Cl2N6. The molecule has 1 aliphatic heterocycles. The molecule has 0 saturated carbocycles. The van der Waals surface area contributed by atoms with Gasteiger partial charge in [0.05, 0.1) is 6.54 Å². The Morgan fingerprint density at radius 3 is 2.52 bits per heavy atom. The van der Waals surface area contributed by atoms with Crippen molar-refractivity contribution in [3.05, 3.63) is 69.5 Å². The van der Waals surface area contributed by atoms with Gasteiger partial charge in [-0.25, -0.2) is 0 Å². The number of anilines is 3. The van der Waals surface area contributed by atoms with Crippen molar-refractivity contribution in [1.82, 2.24) is 19.9 Å². The molecule has 2 aromatic carbocycles. The third-order valence-corrected chi connectivity index (χ3v) is 5.71. The van der Waals surface area contributed by atoms with E-state index >= 15 is 0 Å². The number of hydrogen-bond acceptors (Lipinski definition) is 6. The number of hydrogen-bond donors (Lipinski definition) is 2. The first kappa shape index (κ1) is 19.9. The van der Waals surface area contributed by atoms with E-state index in [-0.39, 0.29) is 12.0 Å². The number of nitrogens with one attached hydrogen (secondary N) is 1. The molecule has 3 aromatic rings. The van der Waals surface area contributed by atoms with Crippen LogP contribution in [0, 0.1) is 6.92 Å². The third-order valence-electron chi connectivity index (χ3n) is 5.05. The van der Waals surface area contributed by atoms with Crippen LogP contribution in [0.4, 0.5) is 17.6 Å². The molecule has 0 aliphatic carbocycles. The van der Waals surface area contributed by atoms with E-state index < -0.39 is 0 Å². The number of halogens is 2. The average Bonchev–Trinajstić information content (AvgIpc) is 3.11. The summed E-state index contributed by atoms with van der Waals surface area (Å²) in [7, 11) is 0. The lowest BCUT2D eigenvalue weighted by Crippen LogP contribution is -2.25. The molecule has 3 N–H and O–H groups in total. The summed E-state index contributed by atoms with van der Waals surface area (Å²) in [6.45, 7) is 3.50. The quantitative estimate of drug-likeness (QED) is 0.584. The number of aromatic nitrogens is 3. The lowest BCUT2D eigenvalue weighted by molar-refractivity contribution is 0.242. The molecule has 0 bridgehead atoms. The zero-order chi connectivity index (χ0) is 20.4. The van der Waals surface area contributed by atoms with Crippen LogP contribution >= 0.6 is 23.2 Å². The first-order valence-electron chi connectivity index (χ1n) is 9.51. The van der Waals surface area contributed by atoms with Gasteiger partial charge in [-0.1, -0.05) is 47.0 Å². The van der Waals surface area contributed by atoms with Crippen LogP contribution in [0.2, 0.25) is 10.0 Å². The van der Waals surface area contributed by atoms with Gasteiger partial charge >= 0.3 is 0 Å². The van der Waals surface area contributed by atoms with Crippen LogP contribution in [0.25, 0.3) is 0 Å². The van der Waals surface area contributed by atoms with Crippen LogP contribution in [0.5, 0.6) is 0 Å². The van der Waals surface area contributed by atoms with E-state index in [2.05, 4.69) is 25.2 Å². The zero-order valence-corrected chi connectivity index (χ0v) is 17.6. The fraction of sp³-hybridized carbons (Fsp3) is 0.286. The molecule has 1 unspecified atom stereocenters. The Kier molecular flexibility index (Phi) is 5.85. The van der Waals surface area contributed by atoms with Crippen molar-refractivity contribution in [3.8, 4) is 0 Å². The summed E-state index contributed by atoms with van der Waals surface area (Å²) in [6, 6.07) is 13.8. The Hall–Kier alpha value is -2.41. The predicted molar refractivity (Wildman–Crippen MR) is 118 cm³/mol. The van der Waals surface area contributed by atoms with Crippen molar-refractivity contribution < 1.29 is 0 Å². The average molecular weight is 429 g/mol. The fourth-order valence-electron chi connectivity index (χ4n) is 3.68. The Morgan fingerprint density at radius 1 is 1.07 bits per heavy atom. The van der Waals surface area contributed by atoms with E-state index in [1.54, 1.807) is 0 Å². The smallest absolute Gasteiger partial charge is 0.232 e. The molecule has 1 saturated heterocycles. The molecule has 1 fully saturated rings. The lowest BCUT2D eigenvalue weighted by Gasteiger charge is -2.25. The molecule has 150 valence electrons. The molecule has 4 rings (SSSR count). The minimum atomic E-state index is 0.127. The maximum atomic E-state index is 6.45. The Labute approximate surface area is 180 Å². The summed E-state index contributed by atoms with van der Waals surface area (Å²) in [5.74, 6) is 1.24. The number of nitrogens with zero attached hydrogens (tertiary/aromatic N) is 4. The number of aryl methyl sites for hydroxylation is 1. The van der Waals surface area contributed by atoms with E-state index in [1.807, 2.05) is 49.4 Å². The van der Waals surface area contributed by atoms with Crippen molar-refractivity contribution in [2.24, 2.45) is 0 Å². The topological polar surface area (TPSA) is 80.0 Å². The molecule has 8 heteroatoms. The Balaban J connectivity index is 1.55. The predicted octanol–water partition coefficient (Wildman–Crippen LogP) is 5.15. The third kappa shape index (κ3) is 4.61. The normalized spacial score (nSPS) is 16.9. The molecular weight excluding hydrogens is 407 g/mol. The van der Waals surface area contributed by atoms with Gasteiger partial charge < -0.3 is 11.1 Å². The van der Waals surface area contributed by atoms with Gasteiger partial charge in [0.15, 0.2) is 0 Å². The van der Waals surface area contributed by atoms with Gasteiger partial charge in [0.2, 0.25) is 11.9 Å². The first-order chi connectivity index (χ1) is 14.0. The lowest BCUT2D eigenvalue weighted by atomic mass is 10.0. The van der Waals surface area contributed by atoms with E-state index in [0.717, 1.165) is 30.6 Å². The van der Waals surface area contributed by atoms with Crippen molar-refractivity contribution in [1.29, 1.82) is 0 Å². The van der Waals surface area contributed by atoms with Gasteiger partial charge in [-0.3, -0.25) is 4.90 Å². The summed E-state index contributed by atoms with van der Waals surface area (Å²) in [4.78, 5) is 15.4. The second-order valence-electron chi connectivity index (χ2n) is 7.19. The highest BCUT2D eigenvalue weighted by molar-refractivity contribution is 6.36. The first-order valence-corrected chi connectivity index (χ1v) is 10.3. The summed E-state index contributed by atoms with van der Waals surface area (Å²) in [5, 5.41) is 4.57. The number of benzene rings is 2. The highest BCUT2D eigenvalue weighted by Gasteiger charge is 2.30. The van der Waals surface area contributed by atoms with Gasteiger partial charge in [0.25, 0.3) is 0 Å². The van der Waals surface area contributed by atoms with Crippen molar-refractivity contribution in [3.63, 3.8) is 0 Å². The van der Waals surface area contributed by atoms with E-state index in [4.69, 9.17) is 28.9 Å². The minimum absolute atomic E-state index is 0.127. The molecule has 0 radical (unpaired) electrons. The van der Waals surface area contributed by atoms with Gasteiger partial charge in [0, 0.05) is 27.3 Å². The van der Waals surface area contributed by atoms with Gasteiger partial charge in [-0.2, -0.15) is 15.0 Å². The molecule has 1 aromatic heterocycles. The SMILES string of the molecule is Cc1ccc(Nc2nc(N)nc(CN3CCCC3c3c(Cl)cccc3Cl)n2)cc1. The van der Waals surface area contributed by atoms with Crippen LogP contribution in [0.1, 0.15) is 35.8 Å². The summed E-state index contributed by atoms with van der Waals surface area (Å²) < 4.78 is 0. The molecule has 1 aliphatic rings. The molecule has 2 heterocycles. The van der Waals surface area contributed by atoms with Crippen molar-refractivity contribution in [2.45, 2.75) is 32.4 Å². The number of nitrogens with two attached hydrogens (primary N) is 1. The highest BCUT2D eigenvalue weighted by atomic mass is 35.5. The van der Waals surface area contributed by atoms with Crippen LogP contribution in [0.3, 0.4) is 0 Å². The summed E-state index contributed by atoms with van der Waals surface area (Å²) in [6.07, 6.45) is 2.04. The van der Waals surface area contributed by atoms with Crippen LogP contribution in [-0.4, -0.2) is 26.4 Å². The largest absolute Gasteiger partial charge is 0.368 e. The van der Waals surface area contributed by atoms with Crippen LogP contribution in [0.15, 0.2) is 42.5 Å². The van der Waals surface area contributed by atoms with Gasteiger partial charge in [-0.05, 0) is 50.6 Å². The van der Waals surface area contributed by atoms with Crippen molar-refractivity contribution >= 4 is 40.8 Å². The number of rotatable bonds is 5.